The number of rotatable bonds is 21. The van der Waals surface area contributed by atoms with E-state index >= 15 is 13.2 Å². The number of allylic oxidation sites excluding steroid dienone is 8. The minimum atomic E-state index is -4.91. The first-order valence-electron chi connectivity index (χ1n) is 23.1. The second-order valence-electron chi connectivity index (χ2n) is 19.1. The van der Waals surface area contributed by atoms with Crippen molar-refractivity contribution >= 4 is 69.1 Å². The number of hydrogen-bond acceptors (Lipinski definition) is 13. The zero-order valence-corrected chi connectivity index (χ0v) is 49.2. The Labute approximate surface area is 475 Å². The molecule has 0 amide bonds. The standard InChI is InChI=1S/C49H57F3N2O14S4.2Na/c1-48(2)36-28-33(71(63,64)65)18-20-40(36)53(24-7-9-26-69(57,58)59)42(48)22-16-31-12-11-13-32(45(31)46-39(51)30-38(50)35(47(46)52)14-5-6-15-44(55)56)17-23-43-49(3,4)37-29-34(72(66,67)68)19-21-41(37)54(43)25-8-10-27-70(60,61)62;;/h16-23,28-30H,5-15,24-27H2,1-4H3,(H4-,55,56,57,58,59,60,61,62,63,64,65,66,67,68);;/q;2*+1/p-2. The van der Waals surface area contributed by atoms with Crippen molar-refractivity contribution in [3.05, 3.63) is 123 Å². The van der Waals surface area contributed by atoms with Crippen molar-refractivity contribution in [3.63, 3.8) is 0 Å². The van der Waals surface area contributed by atoms with Gasteiger partial charge in [-0.3, -0.25) is 9.35 Å². The molecule has 0 spiro atoms. The number of fused-ring (bicyclic) bond motifs is 2. The Kier molecular flexibility index (Phi) is 21.3. The second kappa shape index (κ2) is 24.8. The van der Waals surface area contributed by atoms with Gasteiger partial charge in [-0.25, -0.2) is 38.4 Å². The van der Waals surface area contributed by atoms with E-state index in [2.05, 4.69) is 0 Å². The van der Waals surface area contributed by atoms with Crippen LogP contribution in [0.2, 0.25) is 0 Å². The van der Waals surface area contributed by atoms with Crippen LogP contribution >= 0.6 is 0 Å². The van der Waals surface area contributed by atoms with Gasteiger partial charge in [-0.1, -0.05) is 26.0 Å². The molecule has 0 radical (unpaired) electrons. The monoisotopic (exact) mass is 1130 g/mol. The van der Waals surface area contributed by atoms with Crippen molar-refractivity contribution in [2.75, 3.05) is 29.5 Å². The molecule has 2 aliphatic heterocycles. The molecule has 16 nitrogen and oxygen atoms in total. The average Bonchev–Trinajstić information content (AvgIpc) is 3.60. The van der Waals surface area contributed by atoms with E-state index in [1.165, 1.54) is 30.3 Å². The smallest absolute Gasteiger partial charge is 0.748 e. The fraction of sp³-hybridized carbons (Fsp3) is 0.429. The molecule has 3 aromatic rings. The fourth-order valence-corrected chi connectivity index (χ4v) is 11.9. The molecule has 3 aliphatic rings. The summed E-state index contributed by atoms with van der Waals surface area (Å²) in [6.07, 6.45) is 7.34. The Balaban J connectivity index is 0.00000593. The number of anilines is 1. The minimum Gasteiger partial charge on any atom is -0.748 e. The molecule has 0 unspecified atom stereocenters. The topological polar surface area (TPSA) is 270 Å². The van der Waals surface area contributed by atoms with Gasteiger partial charge in [-0.15, -0.1) is 0 Å². The Morgan fingerprint density at radius 3 is 1.97 bits per heavy atom. The van der Waals surface area contributed by atoms with Gasteiger partial charge in [0.1, 0.15) is 34.1 Å². The van der Waals surface area contributed by atoms with Crippen LogP contribution in [-0.2, 0) is 62.5 Å². The van der Waals surface area contributed by atoms with Crippen LogP contribution in [0.1, 0.15) is 114 Å². The number of carboxylic acid groups (broad SMARTS) is 1. The van der Waals surface area contributed by atoms with Gasteiger partial charge in [-0.2, -0.15) is 13.0 Å². The van der Waals surface area contributed by atoms with E-state index in [-0.39, 0.29) is 142 Å². The van der Waals surface area contributed by atoms with Gasteiger partial charge in [0.15, 0.2) is 5.71 Å². The van der Waals surface area contributed by atoms with Crippen molar-refractivity contribution in [2.24, 2.45) is 0 Å². The molecule has 0 saturated carbocycles. The van der Waals surface area contributed by atoms with Crippen LogP contribution in [0, 0.1) is 17.5 Å². The Morgan fingerprint density at radius 1 is 0.743 bits per heavy atom. The predicted molar refractivity (Wildman–Crippen MR) is 259 cm³/mol. The van der Waals surface area contributed by atoms with Crippen LogP contribution in [-0.4, -0.2) is 97.8 Å². The van der Waals surface area contributed by atoms with Gasteiger partial charge < -0.3 is 23.7 Å². The third-order valence-electron chi connectivity index (χ3n) is 13.4. The van der Waals surface area contributed by atoms with Crippen LogP contribution in [0.25, 0.3) is 5.57 Å². The summed E-state index contributed by atoms with van der Waals surface area (Å²) in [7, 11) is -18.7. The molecule has 0 fully saturated rings. The maximum atomic E-state index is 17.1. The quantitative estimate of drug-likeness (QED) is 0.0668. The van der Waals surface area contributed by atoms with Crippen LogP contribution in [0.4, 0.5) is 24.5 Å². The van der Waals surface area contributed by atoms with Crippen molar-refractivity contribution in [1.29, 1.82) is 0 Å². The van der Waals surface area contributed by atoms with Crippen molar-refractivity contribution in [3.8, 4) is 0 Å². The first kappa shape index (κ1) is 63.5. The molecule has 0 aromatic heterocycles. The number of carboxylic acids is 1. The molecule has 0 saturated heterocycles. The van der Waals surface area contributed by atoms with Crippen LogP contribution in [0.15, 0.2) is 93.4 Å². The minimum absolute atomic E-state index is 0. The van der Waals surface area contributed by atoms with Crippen LogP contribution < -0.4 is 64.0 Å². The predicted octanol–water partition coefficient (Wildman–Crippen LogP) is 1.89. The Hall–Kier alpha value is -3.01. The van der Waals surface area contributed by atoms with E-state index in [9.17, 15) is 61.8 Å². The van der Waals surface area contributed by atoms with Gasteiger partial charge >= 0.3 is 65.1 Å². The molecule has 3 aromatic carbocycles. The number of halogens is 3. The molecular weight excluding hydrogens is 1070 g/mol. The summed E-state index contributed by atoms with van der Waals surface area (Å²) >= 11 is 0. The first-order valence-corrected chi connectivity index (χ1v) is 29.1. The van der Waals surface area contributed by atoms with Gasteiger partial charge in [-0.05, 0) is 130 Å². The summed E-state index contributed by atoms with van der Waals surface area (Å²) in [5.74, 6) is -6.04. The number of carbonyl (C=O) groups is 1. The summed E-state index contributed by atoms with van der Waals surface area (Å²) in [6.45, 7) is 7.31. The largest absolute Gasteiger partial charge is 1.00 e. The normalized spacial score (nSPS) is 17.7. The SMILES string of the molecule is CC1(C)C(=CC=C2CCCC(C=CC3=[N+](CCCCS(=O)(=O)[O-])c4ccc(S(=O)(=O)[O-])cc4C3(C)C)=C2c2c(F)cc(F)c(CCCCC(=O)O)c2F)N(CCCCS(=O)(=O)[O-])c2ccc(S(=O)(=O)O)cc21.[Na+].[Na+]. The molecule has 2 N–H and O–H groups in total. The number of nitrogens with zero attached hydrogens (tertiary/aromatic N) is 2. The summed E-state index contributed by atoms with van der Waals surface area (Å²) in [6, 6.07) is 8.37. The molecule has 392 valence electrons. The molecule has 74 heavy (non-hydrogen) atoms. The number of aliphatic carboxylic acids is 1. The second-order valence-corrected chi connectivity index (χ2v) is 25.0. The van der Waals surface area contributed by atoms with Crippen LogP contribution in [0.3, 0.4) is 0 Å². The van der Waals surface area contributed by atoms with E-state index in [4.69, 9.17) is 0 Å². The van der Waals surface area contributed by atoms with Gasteiger partial charge in [0.05, 0.1) is 41.0 Å². The fourth-order valence-electron chi connectivity index (χ4n) is 9.81. The Bertz CT molecular complexity index is 3320. The number of benzene rings is 3. The van der Waals surface area contributed by atoms with E-state index in [0.717, 1.165) is 6.07 Å². The Morgan fingerprint density at radius 2 is 1.36 bits per heavy atom. The number of unbranched alkanes of at least 4 members (excludes halogenated alkanes) is 3. The maximum Gasteiger partial charge on any atom is 1.00 e. The zero-order valence-electron chi connectivity index (χ0n) is 41.9. The molecule has 1 aliphatic carbocycles. The molecule has 25 heteroatoms. The molecule has 0 atom stereocenters. The number of hydrogen-bond donors (Lipinski definition) is 2. The molecular formula is C49H55F3N2Na2O14S4. The van der Waals surface area contributed by atoms with Crippen molar-refractivity contribution in [2.45, 2.75) is 119 Å². The molecule has 2 heterocycles. The van der Waals surface area contributed by atoms with Gasteiger partial charge in [0.2, 0.25) is 5.69 Å². The van der Waals surface area contributed by atoms with Gasteiger partial charge in [0, 0.05) is 77.0 Å². The van der Waals surface area contributed by atoms with E-state index in [1.807, 2.05) is 0 Å². The van der Waals surface area contributed by atoms with E-state index < -0.39 is 107 Å². The summed E-state index contributed by atoms with van der Waals surface area (Å²) in [4.78, 5) is 12.1. The van der Waals surface area contributed by atoms with E-state index in [0.29, 0.717) is 57.5 Å². The maximum absolute atomic E-state index is 17.1. The summed E-state index contributed by atoms with van der Waals surface area (Å²) in [5.41, 5.74) is 0.554. The van der Waals surface area contributed by atoms with Crippen molar-refractivity contribution in [1.82, 2.24) is 0 Å². The third kappa shape index (κ3) is 15.0. The van der Waals surface area contributed by atoms with Crippen LogP contribution in [0.5, 0.6) is 0 Å². The average molecular weight is 1130 g/mol. The van der Waals surface area contributed by atoms with Crippen molar-refractivity contribution < 1.29 is 139 Å². The summed E-state index contributed by atoms with van der Waals surface area (Å²) < 4.78 is 191. The van der Waals surface area contributed by atoms with Gasteiger partial charge in [0.25, 0.3) is 10.1 Å². The third-order valence-corrected chi connectivity index (χ3v) is 16.6. The zero-order chi connectivity index (χ0) is 53.4. The molecule has 0 bridgehead atoms. The van der Waals surface area contributed by atoms with E-state index in [1.54, 1.807) is 61.5 Å². The first-order chi connectivity index (χ1) is 33.3. The molecule has 6 rings (SSSR count). The summed E-state index contributed by atoms with van der Waals surface area (Å²) in [5, 5.41) is 9.18.